The predicted octanol–water partition coefficient (Wildman–Crippen LogP) is 0.536. The second kappa shape index (κ2) is 5.71. The third-order valence-corrected chi connectivity index (χ3v) is 3.66. The molecule has 0 spiro atoms. The zero-order valence-electron chi connectivity index (χ0n) is 11.0. The van der Waals surface area contributed by atoms with Crippen molar-refractivity contribution in [1.29, 1.82) is 0 Å². The molecule has 1 aromatic heterocycles. The van der Waals surface area contributed by atoms with Crippen LogP contribution in [0.5, 0.6) is 0 Å². The molecule has 2 N–H and O–H groups in total. The van der Waals surface area contributed by atoms with E-state index < -0.39 is 0 Å². The number of fused-ring (bicyclic) bond motifs is 1. The van der Waals surface area contributed by atoms with E-state index in [0.717, 1.165) is 44.1 Å². The molecule has 2 aliphatic rings. The van der Waals surface area contributed by atoms with E-state index in [-0.39, 0.29) is 12.0 Å². The SMILES string of the molecule is O=C(C[C@H]1CNCCO1)Nc1cnc2n1CCCC2. The molecule has 0 radical (unpaired) electrons. The monoisotopic (exact) mass is 264 g/mol. The van der Waals surface area contributed by atoms with Gasteiger partial charge in [-0.25, -0.2) is 4.98 Å². The smallest absolute Gasteiger partial charge is 0.228 e. The molecule has 2 aliphatic heterocycles. The van der Waals surface area contributed by atoms with E-state index in [1.165, 1.54) is 6.42 Å². The van der Waals surface area contributed by atoms with Crippen LogP contribution in [0, 0.1) is 0 Å². The van der Waals surface area contributed by atoms with Crippen LogP contribution in [0.25, 0.3) is 0 Å². The molecule has 0 unspecified atom stereocenters. The highest BCUT2D eigenvalue weighted by Gasteiger charge is 2.19. The molecule has 6 heteroatoms. The zero-order chi connectivity index (χ0) is 13.1. The van der Waals surface area contributed by atoms with Gasteiger partial charge in [-0.05, 0) is 12.8 Å². The topological polar surface area (TPSA) is 68.2 Å². The number of hydrogen-bond acceptors (Lipinski definition) is 4. The maximum absolute atomic E-state index is 12.0. The van der Waals surface area contributed by atoms with E-state index in [2.05, 4.69) is 20.2 Å². The van der Waals surface area contributed by atoms with Crippen molar-refractivity contribution in [2.45, 2.75) is 38.3 Å². The molecule has 0 bridgehead atoms. The summed E-state index contributed by atoms with van der Waals surface area (Å²) in [5.41, 5.74) is 0. The second-order valence-electron chi connectivity index (χ2n) is 5.12. The molecule has 104 valence electrons. The summed E-state index contributed by atoms with van der Waals surface area (Å²) in [5.74, 6) is 1.91. The quantitative estimate of drug-likeness (QED) is 0.836. The number of imidazole rings is 1. The Morgan fingerprint density at radius 2 is 2.53 bits per heavy atom. The first-order valence-corrected chi connectivity index (χ1v) is 6.99. The molecule has 1 amide bonds. The number of aryl methyl sites for hydroxylation is 1. The summed E-state index contributed by atoms with van der Waals surface area (Å²) >= 11 is 0. The first-order valence-electron chi connectivity index (χ1n) is 6.99. The Morgan fingerprint density at radius 1 is 1.58 bits per heavy atom. The number of anilines is 1. The fourth-order valence-electron chi connectivity index (χ4n) is 2.67. The Balaban J connectivity index is 1.58. The van der Waals surface area contributed by atoms with Crippen LogP contribution in [0.15, 0.2) is 6.20 Å². The van der Waals surface area contributed by atoms with E-state index in [1.807, 2.05) is 0 Å². The van der Waals surface area contributed by atoms with Crippen molar-refractivity contribution in [2.75, 3.05) is 25.0 Å². The van der Waals surface area contributed by atoms with Gasteiger partial charge in [0, 0.05) is 26.1 Å². The lowest BCUT2D eigenvalue weighted by Gasteiger charge is -2.23. The number of hydrogen-bond donors (Lipinski definition) is 2. The Kier molecular flexibility index (Phi) is 3.79. The van der Waals surface area contributed by atoms with Crippen LogP contribution in [0.1, 0.15) is 25.1 Å². The maximum atomic E-state index is 12.0. The number of aromatic nitrogens is 2. The summed E-state index contributed by atoms with van der Waals surface area (Å²) in [6.45, 7) is 3.25. The van der Waals surface area contributed by atoms with Gasteiger partial charge in [0.2, 0.25) is 5.91 Å². The van der Waals surface area contributed by atoms with Gasteiger partial charge in [0.1, 0.15) is 11.6 Å². The first-order chi connectivity index (χ1) is 9.33. The van der Waals surface area contributed by atoms with E-state index in [9.17, 15) is 4.79 Å². The normalized spacial score (nSPS) is 22.8. The number of carbonyl (C=O) groups is 1. The summed E-state index contributed by atoms with van der Waals surface area (Å²) in [6.07, 6.45) is 5.49. The molecule has 3 heterocycles. The Hall–Kier alpha value is -1.40. The number of nitrogens with one attached hydrogen (secondary N) is 2. The molecule has 6 nitrogen and oxygen atoms in total. The van der Waals surface area contributed by atoms with Gasteiger partial charge in [0.25, 0.3) is 0 Å². The molecule has 1 atom stereocenters. The number of morpholine rings is 1. The fourth-order valence-corrected chi connectivity index (χ4v) is 2.67. The van der Waals surface area contributed by atoms with Gasteiger partial charge >= 0.3 is 0 Å². The molecule has 1 saturated heterocycles. The van der Waals surface area contributed by atoms with Crippen molar-refractivity contribution in [3.8, 4) is 0 Å². The van der Waals surface area contributed by atoms with Gasteiger partial charge in [-0.2, -0.15) is 0 Å². The Bertz CT molecular complexity index is 451. The van der Waals surface area contributed by atoms with Crippen molar-refractivity contribution in [2.24, 2.45) is 0 Å². The van der Waals surface area contributed by atoms with Crippen LogP contribution >= 0.6 is 0 Å². The largest absolute Gasteiger partial charge is 0.375 e. The molecule has 1 fully saturated rings. The third kappa shape index (κ3) is 2.96. The van der Waals surface area contributed by atoms with Crippen LogP contribution < -0.4 is 10.6 Å². The predicted molar refractivity (Wildman–Crippen MR) is 71.0 cm³/mol. The van der Waals surface area contributed by atoms with Gasteiger partial charge < -0.3 is 19.9 Å². The number of rotatable bonds is 3. The first kappa shape index (κ1) is 12.6. The van der Waals surface area contributed by atoms with Crippen LogP contribution in [0.4, 0.5) is 5.82 Å². The lowest BCUT2D eigenvalue weighted by Crippen LogP contribution is -2.40. The van der Waals surface area contributed by atoms with Gasteiger partial charge in [-0.1, -0.05) is 0 Å². The van der Waals surface area contributed by atoms with Crippen LogP contribution in [0.3, 0.4) is 0 Å². The van der Waals surface area contributed by atoms with Crippen LogP contribution in [0.2, 0.25) is 0 Å². The summed E-state index contributed by atoms with van der Waals surface area (Å²) < 4.78 is 7.65. The molecule has 0 aromatic carbocycles. The summed E-state index contributed by atoms with van der Waals surface area (Å²) in [4.78, 5) is 16.4. The van der Waals surface area contributed by atoms with Crippen molar-refractivity contribution in [1.82, 2.24) is 14.9 Å². The second-order valence-corrected chi connectivity index (χ2v) is 5.12. The molecular weight excluding hydrogens is 244 g/mol. The highest BCUT2D eigenvalue weighted by atomic mass is 16.5. The minimum Gasteiger partial charge on any atom is -0.375 e. The maximum Gasteiger partial charge on any atom is 0.228 e. The average molecular weight is 264 g/mol. The lowest BCUT2D eigenvalue weighted by molar-refractivity contribution is -0.119. The Morgan fingerprint density at radius 3 is 3.37 bits per heavy atom. The van der Waals surface area contributed by atoms with E-state index in [0.29, 0.717) is 13.0 Å². The number of nitrogens with zero attached hydrogens (tertiary/aromatic N) is 2. The molecule has 0 aliphatic carbocycles. The summed E-state index contributed by atoms with van der Waals surface area (Å²) in [7, 11) is 0. The number of ether oxygens (including phenoxy) is 1. The highest BCUT2D eigenvalue weighted by molar-refractivity contribution is 5.90. The van der Waals surface area contributed by atoms with E-state index >= 15 is 0 Å². The van der Waals surface area contributed by atoms with Crippen molar-refractivity contribution >= 4 is 11.7 Å². The molecule has 1 aromatic rings. The van der Waals surface area contributed by atoms with Crippen molar-refractivity contribution < 1.29 is 9.53 Å². The van der Waals surface area contributed by atoms with Crippen LogP contribution in [-0.2, 0) is 22.5 Å². The van der Waals surface area contributed by atoms with E-state index in [4.69, 9.17) is 4.74 Å². The minimum atomic E-state index is -0.0162. The zero-order valence-corrected chi connectivity index (χ0v) is 11.0. The van der Waals surface area contributed by atoms with Crippen molar-refractivity contribution in [3.05, 3.63) is 12.0 Å². The minimum absolute atomic E-state index is 0.00183. The average Bonchev–Trinajstić information content (AvgIpc) is 2.83. The van der Waals surface area contributed by atoms with Gasteiger partial charge in [-0.15, -0.1) is 0 Å². The molecule has 19 heavy (non-hydrogen) atoms. The highest BCUT2D eigenvalue weighted by Crippen LogP contribution is 2.19. The van der Waals surface area contributed by atoms with Gasteiger partial charge in [0.05, 0.1) is 25.3 Å². The molecule has 3 rings (SSSR count). The van der Waals surface area contributed by atoms with Crippen LogP contribution in [-0.4, -0.2) is 41.3 Å². The standard InChI is InChI=1S/C13H20N4O2/c18-13(7-10-8-14-4-6-19-10)16-12-9-15-11-3-1-2-5-17(11)12/h9-10,14H,1-8H2,(H,16,18)/t10-/m0/s1. The molecular formula is C13H20N4O2. The summed E-state index contributed by atoms with van der Waals surface area (Å²) in [6, 6.07) is 0. The summed E-state index contributed by atoms with van der Waals surface area (Å²) in [5, 5.41) is 6.18. The van der Waals surface area contributed by atoms with Crippen molar-refractivity contribution in [3.63, 3.8) is 0 Å². The van der Waals surface area contributed by atoms with Gasteiger partial charge in [-0.3, -0.25) is 4.79 Å². The number of amides is 1. The van der Waals surface area contributed by atoms with E-state index in [1.54, 1.807) is 6.20 Å². The van der Waals surface area contributed by atoms with Gasteiger partial charge in [0.15, 0.2) is 0 Å². The lowest BCUT2D eigenvalue weighted by atomic mass is 10.2. The molecule has 0 saturated carbocycles. The third-order valence-electron chi connectivity index (χ3n) is 3.66. The Labute approximate surface area is 112 Å². The number of carbonyl (C=O) groups excluding carboxylic acids is 1. The fraction of sp³-hybridized carbons (Fsp3) is 0.692.